The van der Waals surface area contributed by atoms with Crippen molar-refractivity contribution in [2.45, 2.75) is 33.2 Å². The van der Waals surface area contributed by atoms with Gasteiger partial charge in [-0.15, -0.1) is 0 Å². The van der Waals surface area contributed by atoms with Gasteiger partial charge in [-0.2, -0.15) is 0 Å². The Labute approximate surface area is 101 Å². The highest BCUT2D eigenvalue weighted by molar-refractivity contribution is 5.80. The molecule has 0 unspecified atom stereocenters. The smallest absolute Gasteiger partial charge is 0.239 e. The molecule has 0 saturated carbocycles. The van der Waals surface area contributed by atoms with Gasteiger partial charge in [0.1, 0.15) is 17.5 Å². The molecular weight excluding hydrogens is 218 g/mol. The van der Waals surface area contributed by atoms with Gasteiger partial charge in [-0.1, -0.05) is 6.92 Å². The van der Waals surface area contributed by atoms with Crippen LogP contribution in [0.15, 0.2) is 6.07 Å². The van der Waals surface area contributed by atoms with E-state index < -0.39 is 0 Å². The first kappa shape index (κ1) is 13.2. The minimum atomic E-state index is -0.0739. The Hall–Kier alpha value is -1.85. The summed E-state index contributed by atoms with van der Waals surface area (Å²) in [5.74, 6) is 1.57. The van der Waals surface area contributed by atoms with Crippen molar-refractivity contribution in [2.24, 2.45) is 0 Å². The summed E-state index contributed by atoms with van der Waals surface area (Å²) in [4.78, 5) is 19.7. The second kappa shape index (κ2) is 6.03. The van der Waals surface area contributed by atoms with Crippen LogP contribution >= 0.6 is 0 Å². The van der Waals surface area contributed by atoms with E-state index >= 15 is 0 Å². The highest BCUT2D eigenvalue weighted by atomic mass is 16.1. The third-order valence-corrected chi connectivity index (χ3v) is 1.99. The lowest BCUT2D eigenvalue weighted by atomic mass is 10.4. The highest BCUT2D eigenvalue weighted by Crippen LogP contribution is 2.08. The van der Waals surface area contributed by atoms with Gasteiger partial charge in [0, 0.05) is 18.5 Å². The van der Waals surface area contributed by atoms with Crippen molar-refractivity contribution < 1.29 is 4.79 Å². The number of nitrogens with two attached hydrogens (primary N) is 1. The Morgan fingerprint density at radius 2 is 2.18 bits per heavy atom. The molecule has 0 radical (unpaired) electrons. The van der Waals surface area contributed by atoms with E-state index in [2.05, 4.69) is 20.6 Å². The number of nitrogens with zero attached hydrogens (tertiary/aromatic N) is 2. The topological polar surface area (TPSA) is 92.9 Å². The zero-order valence-corrected chi connectivity index (χ0v) is 10.4. The van der Waals surface area contributed by atoms with Gasteiger partial charge in [-0.05, 0) is 13.8 Å². The third-order valence-electron chi connectivity index (χ3n) is 1.99. The number of amides is 1. The Bertz CT molecular complexity index is 391. The largest absolute Gasteiger partial charge is 0.384 e. The Morgan fingerprint density at radius 3 is 2.76 bits per heavy atom. The van der Waals surface area contributed by atoms with Crippen LogP contribution in [-0.2, 0) is 11.2 Å². The van der Waals surface area contributed by atoms with Crippen LogP contribution in [0.4, 0.5) is 11.6 Å². The zero-order chi connectivity index (χ0) is 12.8. The van der Waals surface area contributed by atoms with Gasteiger partial charge < -0.3 is 16.4 Å². The third kappa shape index (κ3) is 4.67. The molecule has 0 spiro atoms. The molecule has 0 atom stereocenters. The molecule has 0 aliphatic heterocycles. The van der Waals surface area contributed by atoms with Crippen LogP contribution in [-0.4, -0.2) is 28.5 Å². The molecule has 6 nitrogen and oxygen atoms in total. The highest BCUT2D eigenvalue weighted by Gasteiger charge is 2.05. The molecular formula is C11H19N5O. The Morgan fingerprint density at radius 1 is 1.47 bits per heavy atom. The normalized spacial score (nSPS) is 10.4. The quantitative estimate of drug-likeness (QED) is 0.695. The molecule has 1 aromatic heterocycles. The molecule has 1 rings (SSSR count). The minimum Gasteiger partial charge on any atom is -0.384 e. The number of hydrogen-bond donors (Lipinski definition) is 3. The lowest BCUT2D eigenvalue weighted by molar-refractivity contribution is -0.119. The standard InChI is InChI=1S/C11H19N5O/c1-4-9-15-8(12)5-10(16-9)13-6-11(17)14-7(2)3/h5,7H,4,6H2,1-3H3,(H,14,17)(H3,12,13,15,16). The van der Waals surface area contributed by atoms with E-state index in [9.17, 15) is 4.79 Å². The minimum absolute atomic E-state index is 0.0739. The maximum Gasteiger partial charge on any atom is 0.239 e. The predicted molar refractivity (Wildman–Crippen MR) is 67.6 cm³/mol. The van der Waals surface area contributed by atoms with E-state index in [0.717, 1.165) is 0 Å². The second-order valence-corrected chi connectivity index (χ2v) is 4.02. The van der Waals surface area contributed by atoms with Crippen molar-refractivity contribution in [2.75, 3.05) is 17.6 Å². The predicted octanol–water partition coefficient (Wildman–Crippen LogP) is 0.558. The van der Waals surface area contributed by atoms with Gasteiger partial charge in [-0.25, -0.2) is 9.97 Å². The van der Waals surface area contributed by atoms with Crippen molar-refractivity contribution in [3.63, 3.8) is 0 Å². The van der Waals surface area contributed by atoms with Crippen LogP contribution in [0, 0.1) is 0 Å². The average molecular weight is 237 g/mol. The van der Waals surface area contributed by atoms with Crippen molar-refractivity contribution >= 4 is 17.5 Å². The second-order valence-electron chi connectivity index (χ2n) is 4.02. The van der Waals surface area contributed by atoms with E-state index in [1.165, 1.54) is 0 Å². The van der Waals surface area contributed by atoms with E-state index in [1.54, 1.807) is 6.07 Å². The van der Waals surface area contributed by atoms with Crippen molar-refractivity contribution in [1.29, 1.82) is 0 Å². The first-order chi connectivity index (χ1) is 8.01. The molecule has 0 saturated heterocycles. The fourth-order valence-corrected chi connectivity index (χ4v) is 1.31. The van der Waals surface area contributed by atoms with Gasteiger partial charge in [0.15, 0.2) is 0 Å². The summed E-state index contributed by atoms with van der Waals surface area (Å²) in [6, 6.07) is 1.74. The summed E-state index contributed by atoms with van der Waals surface area (Å²) in [5.41, 5.74) is 5.63. The first-order valence-electron chi connectivity index (χ1n) is 5.68. The lowest BCUT2D eigenvalue weighted by Crippen LogP contribution is -2.35. The molecule has 0 aromatic carbocycles. The number of aromatic nitrogens is 2. The number of carbonyl (C=O) groups is 1. The van der Waals surface area contributed by atoms with Gasteiger partial charge in [0.05, 0.1) is 6.54 Å². The molecule has 4 N–H and O–H groups in total. The van der Waals surface area contributed by atoms with E-state index in [1.807, 2.05) is 20.8 Å². The number of nitrogen functional groups attached to an aromatic ring is 1. The lowest BCUT2D eigenvalue weighted by Gasteiger charge is -2.10. The fraction of sp³-hybridized carbons (Fsp3) is 0.545. The van der Waals surface area contributed by atoms with E-state index in [4.69, 9.17) is 5.73 Å². The maximum atomic E-state index is 11.4. The van der Waals surface area contributed by atoms with E-state index in [0.29, 0.717) is 23.9 Å². The molecule has 0 aliphatic rings. The molecule has 0 bridgehead atoms. The first-order valence-corrected chi connectivity index (χ1v) is 5.68. The molecule has 1 amide bonds. The summed E-state index contributed by atoms with van der Waals surface area (Å²) in [5, 5.41) is 5.70. The van der Waals surface area contributed by atoms with Crippen LogP contribution in [0.5, 0.6) is 0 Å². The summed E-state index contributed by atoms with van der Waals surface area (Å²) < 4.78 is 0. The van der Waals surface area contributed by atoms with Gasteiger partial charge >= 0.3 is 0 Å². The van der Waals surface area contributed by atoms with Crippen LogP contribution in [0.3, 0.4) is 0 Å². The summed E-state index contributed by atoms with van der Waals surface area (Å²) in [6.45, 7) is 5.95. The molecule has 1 heterocycles. The molecule has 0 fully saturated rings. The van der Waals surface area contributed by atoms with Gasteiger partial charge in [0.25, 0.3) is 0 Å². The van der Waals surface area contributed by atoms with Gasteiger partial charge in [-0.3, -0.25) is 4.79 Å². The van der Waals surface area contributed by atoms with Crippen LogP contribution in [0.25, 0.3) is 0 Å². The molecule has 0 aliphatic carbocycles. The summed E-state index contributed by atoms with van der Waals surface area (Å²) >= 11 is 0. The van der Waals surface area contributed by atoms with Crippen LogP contribution in [0.2, 0.25) is 0 Å². The Kier molecular flexibility index (Phi) is 4.68. The average Bonchev–Trinajstić information content (AvgIpc) is 2.24. The van der Waals surface area contributed by atoms with Crippen molar-refractivity contribution in [3.8, 4) is 0 Å². The number of aryl methyl sites for hydroxylation is 1. The Balaban J connectivity index is 2.57. The van der Waals surface area contributed by atoms with Crippen LogP contribution in [0.1, 0.15) is 26.6 Å². The summed E-state index contributed by atoms with van der Waals surface area (Å²) in [7, 11) is 0. The monoisotopic (exact) mass is 237 g/mol. The van der Waals surface area contributed by atoms with Crippen LogP contribution < -0.4 is 16.4 Å². The number of carbonyl (C=O) groups excluding carboxylic acids is 1. The van der Waals surface area contributed by atoms with Crippen molar-refractivity contribution in [1.82, 2.24) is 15.3 Å². The fourth-order valence-electron chi connectivity index (χ4n) is 1.31. The SMILES string of the molecule is CCc1nc(N)cc(NCC(=O)NC(C)C)n1. The zero-order valence-electron chi connectivity index (χ0n) is 10.4. The summed E-state index contributed by atoms with van der Waals surface area (Å²) in [6.07, 6.45) is 0.706. The molecule has 6 heteroatoms. The number of hydrogen-bond acceptors (Lipinski definition) is 5. The van der Waals surface area contributed by atoms with Gasteiger partial charge in [0.2, 0.25) is 5.91 Å². The number of nitrogens with one attached hydrogen (secondary N) is 2. The number of rotatable bonds is 5. The van der Waals surface area contributed by atoms with E-state index in [-0.39, 0.29) is 18.5 Å². The van der Waals surface area contributed by atoms with Crippen molar-refractivity contribution in [3.05, 3.63) is 11.9 Å². The molecule has 1 aromatic rings. The maximum absolute atomic E-state index is 11.4. The number of anilines is 2. The molecule has 94 valence electrons. The molecule has 17 heavy (non-hydrogen) atoms.